The molecule has 0 radical (unpaired) electrons. The molecule has 1 unspecified atom stereocenters. The van der Waals surface area contributed by atoms with E-state index in [9.17, 15) is 4.39 Å². The molecule has 1 atom stereocenters. The van der Waals surface area contributed by atoms with Gasteiger partial charge in [0, 0.05) is 62.4 Å². The minimum absolute atomic E-state index is 0.187. The summed E-state index contributed by atoms with van der Waals surface area (Å²) in [5.74, 6) is 5.92. The lowest BCUT2D eigenvalue weighted by Crippen LogP contribution is -2.50. The van der Waals surface area contributed by atoms with Crippen molar-refractivity contribution in [3.8, 4) is 0 Å². The Hall–Kier alpha value is -2.19. The zero-order chi connectivity index (χ0) is 21.1. The molecule has 4 rings (SSSR count). The molecule has 0 aromatic heterocycles. The minimum Gasteiger partial charge on any atom is -0.355 e. The van der Waals surface area contributed by atoms with Gasteiger partial charge in [-0.15, -0.1) is 0 Å². The Morgan fingerprint density at radius 2 is 1.83 bits per heavy atom. The fraction of sp³-hybridized carbons (Fsp3) is 0.409. The van der Waals surface area contributed by atoms with E-state index in [1.54, 1.807) is 12.1 Å². The molecule has 0 bridgehead atoms. The second kappa shape index (κ2) is 9.31. The fourth-order valence-electron chi connectivity index (χ4n) is 4.39. The lowest BCUT2D eigenvalue weighted by Gasteiger charge is -2.38. The Labute approximate surface area is 181 Å². The van der Waals surface area contributed by atoms with Crippen LogP contribution in [0.5, 0.6) is 0 Å². The molecule has 2 saturated heterocycles. The molecule has 2 aromatic carbocycles. The predicted octanol–water partition coefficient (Wildman–Crippen LogP) is 2.98. The van der Waals surface area contributed by atoms with Crippen LogP contribution in [0.2, 0.25) is 5.02 Å². The van der Waals surface area contributed by atoms with E-state index >= 15 is 0 Å². The van der Waals surface area contributed by atoms with E-state index in [4.69, 9.17) is 22.9 Å². The van der Waals surface area contributed by atoms with Crippen LogP contribution in [-0.4, -0.2) is 65.8 Å². The van der Waals surface area contributed by atoms with E-state index in [0.29, 0.717) is 22.6 Å². The summed E-state index contributed by atoms with van der Waals surface area (Å²) in [4.78, 5) is 7.09. The molecule has 2 aliphatic rings. The number of piperazine rings is 1. The highest BCUT2D eigenvalue weighted by Crippen LogP contribution is 2.25. The zero-order valence-electron chi connectivity index (χ0n) is 17.0. The van der Waals surface area contributed by atoms with Crippen molar-refractivity contribution < 1.29 is 4.39 Å². The number of nitrogens with zero attached hydrogens (tertiary/aromatic N) is 3. The van der Waals surface area contributed by atoms with Crippen LogP contribution in [0.3, 0.4) is 0 Å². The number of hydrogen-bond acceptors (Lipinski definition) is 5. The van der Waals surface area contributed by atoms with Crippen LogP contribution >= 0.6 is 11.6 Å². The van der Waals surface area contributed by atoms with Crippen LogP contribution < -0.4 is 11.3 Å². The van der Waals surface area contributed by atoms with Gasteiger partial charge in [-0.2, -0.15) is 0 Å². The van der Waals surface area contributed by atoms with Crippen molar-refractivity contribution in [1.29, 1.82) is 5.41 Å². The molecule has 30 heavy (non-hydrogen) atoms. The van der Waals surface area contributed by atoms with E-state index in [1.165, 1.54) is 12.1 Å². The number of nitrogens with two attached hydrogens (primary N) is 1. The molecule has 4 N–H and O–H groups in total. The molecule has 2 heterocycles. The van der Waals surface area contributed by atoms with Crippen LogP contribution in [0.4, 0.5) is 10.1 Å². The van der Waals surface area contributed by atoms with Gasteiger partial charge in [0.25, 0.3) is 0 Å². The normalized spacial score (nSPS) is 20.5. The third kappa shape index (κ3) is 4.75. The molecular weight excluding hydrogens is 403 g/mol. The number of hydrogen-bond donors (Lipinski definition) is 3. The average molecular weight is 431 g/mol. The Morgan fingerprint density at radius 1 is 1.10 bits per heavy atom. The van der Waals surface area contributed by atoms with Crippen molar-refractivity contribution in [1.82, 2.24) is 14.7 Å². The molecule has 2 aromatic rings. The van der Waals surface area contributed by atoms with Gasteiger partial charge >= 0.3 is 0 Å². The minimum atomic E-state index is -0.187. The second-order valence-corrected chi connectivity index (χ2v) is 8.45. The third-order valence-electron chi connectivity index (χ3n) is 6.11. The first-order valence-corrected chi connectivity index (χ1v) is 10.7. The predicted molar refractivity (Wildman–Crippen MR) is 119 cm³/mol. The van der Waals surface area contributed by atoms with Gasteiger partial charge in [0.15, 0.2) is 0 Å². The number of rotatable bonds is 5. The highest BCUT2D eigenvalue weighted by Gasteiger charge is 2.31. The molecule has 0 saturated carbocycles. The number of halogens is 2. The SMILES string of the molecule is N=C(c1ccc(Cl)cc1NN)N1CCC(N2CCN(Cc3ccc(F)cc3)CC2)C1. The summed E-state index contributed by atoms with van der Waals surface area (Å²) in [5.41, 5.74) is 5.25. The number of nitrogens with one attached hydrogen (secondary N) is 2. The first-order chi connectivity index (χ1) is 14.5. The smallest absolute Gasteiger partial charge is 0.130 e. The molecule has 0 spiro atoms. The van der Waals surface area contributed by atoms with Gasteiger partial charge in [-0.1, -0.05) is 23.7 Å². The van der Waals surface area contributed by atoms with Gasteiger partial charge in [0.1, 0.15) is 11.7 Å². The van der Waals surface area contributed by atoms with Crippen molar-refractivity contribution in [2.45, 2.75) is 19.0 Å². The maximum absolute atomic E-state index is 13.1. The van der Waals surface area contributed by atoms with E-state index in [1.807, 2.05) is 18.2 Å². The number of benzene rings is 2. The largest absolute Gasteiger partial charge is 0.355 e. The lowest BCUT2D eigenvalue weighted by atomic mass is 10.1. The number of likely N-dealkylation sites (tertiary alicyclic amines) is 1. The highest BCUT2D eigenvalue weighted by atomic mass is 35.5. The number of hydrazine groups is 1. The highest BCUT2D eigenvalue weighted by molar-refractivity contribution is 6.31. The van der Waals surface area contributed by atoms with Crippen molar-refractivity contribution in [3.05, 3.63) is 64.4 Å². The van der Waals surface area contributed by atoms with E-state index in [-0.39, 0.29) is 5.82 Å². The lowest BCUT2D eigenvalue weighted by molar-refractivity contribution is 0.0959. The Kier molecular flexibility index (Phi) is 6.53. The van der Waals surface area contributed by atoms with Crippen LogP contribution in [0.25, 0.3) is 0 Å². The summed E-state index contributed by atoms with van der Waals surface area (Å²) in [6, 6.07) is 12.6. The summed E-state index contributed by atoms with van der Waals surface area (Å²) in [7, 11) is 0. The van der Waals surface area contributed by atoms with Crippen LogP contribution in [0.1, 0.15) is 17.5 Å². The van der Waals surface area contributed by atoms with E-state index < -0.39 is 0 Å². The van der Waals surface area contributed by atoms with E-state index in [0.717, 1.165) is 63.4 Å². The topological polar surface area (TPSA) is 71.6 Å². The Morgan fingerprint density at radius 3 is 2.53 bits per heavy atom. The maximum Gasteiger partial charge on any atom is 0.130 e. The second-order valence-electron chi connectivity index (χ2n) is 8.01. The van der Waals surface area contributed by atoms with E-state index in [2.05, 4.69) is 20.1 Å². The Balaban J connectivity index is 1.30. The molecule has 0 aliphatic carbocycles. The summed E-state index contributed by atoms with van der Waals surface area (Å²) in [5, 5.41) is 9.25. The van der Waals surface area contributed by atoms with Gasteiger partial charge in [-0.25, -0.2) is 4.39 Å². The van der Waals surface area contributed by atoms with Crippen LogP contribution in [0.15, 0.2) is 42.5 Å². The summed E-state index contributed by atoms with van der Waals surface area (Å²) < 4.78 is 13.1. The van der Waals surface area contributed by atoms with Gasteiger partial charge in [0.2, 0.25) is 0 Å². The summed E-state index contributed by atoms with van der Waals surface area (Å²) in [6.07, 6.45) is 1.05. The third-order valence-corrected chi connectivity index (χ3v) is 6.35. The van der Waals surface area contributed by atoms with Crippen molar-refractivity contribution in [2.24, 2.45) is 5.84 Å². The van der Waals surface area contributed by atoms with Crippen LogP contribution in [0, 0.1) is 11.2 Å². The van der Waals surface area contributed by atoms with Gasteiger partial charge in [-0.05, 0) is 42.3 Å². The summed E-state index contributed by atoms with van der Waals surface area (Å²) >= 11 is 6.05. The van der Waals surface area contributed by atoms with Crippen molar-refractivity contribution in [3.63, 3.8) is 0 Å². The van der Waals surface area contributed by atoms with Gasteiger partial charge in [-0.3, -0.25) is 21.1 Å². The maximum atomic E-state index is 13.1. The fourth-order valence-corrected chi connectivity index (χ4v) is 4.56. The van der Waals surface area contributed by atoms with Gasteiger partial charge in [0.05, 0.1) is 5.69 Å². The van der Waals surface area contributed by atoms with Gasteiger partial charge < -0.3 is 10.3 Å². The standard InChI is InChI=1S/C22H28ClFN6/c23-17-3-6-20(21(13-17)27-26)22(25)30-8-7-19(15-30)29-11-9-28(10-12-29)14-16-1-4-18(24)5-2-16/h1-6,13,19,25,27H,7-12,14-15,26H2. The van der Waals surface area contributed by atoms with Crippen LogP contribution in [-0.2, 0) is 6.54 Å². The number of nitrogen functional groups attached to an aromatic ring is 1. The van der Waals surface area contributed by atoms with Crippen molar-refractivity contribution in [2.75, 3.05) is 44.7 Å². The first-order valence-electron chi connectivity index (χ1n) is 10.3. The molecule has 0 amide bonds. The monoisotopic (exact) mass is 430 g/mol. The van der Waals surface area contributed by atoms with Crippen molar-refractivity contribution >= 4 is 23.1 Å². The number of amidine groups is 1. The first kappa shape index (κ1) is 21.1. The molecule has 2 fully saturated rings. The number of anilines is 1. The Bertz CT molecular complexity index is 882. The molecular formula is C22H28ClFN6. The molecule has 2 aliphatic heterocycles. The molecule has 8 heteroatoms. The summed E-state index contributed by atoms with van der Waals surface area (Å²) in [6.45, 7) is 6.62. The average Bonchev–Trinajstić information content (AvgIpc) is 3.25. The molecule has 160 valence electrons. The quantitative estimate of drug-likeness (QED) is 0.294. The molecule has 6 nitrogen and oxygen atoms in total. The zero-order valence-corrected chi connectivity index (χ0v) is 17.7.